The number of rotatable bonds is 3. The molecule has 2 saturated carbocycles. The van der Waals surface area contributed by atoms with Crippen molar-refractivity contribution in [3.05, 3.63) is 0 Å². The Morgan fingerprint density at radius 2 is 1.71 bits per heavy atom. The minimum absolute atomic E-state index is 0.0155. The minimum atomic E-state index is -1.79. The summed E-state index contributed by atoms with van der Waals surface area (Å²) < 4.78 is 11.8. The van der Waals surface area contributed by atoms with Crippen molar-refractivity contribution in [2.75, 3.05) is 7.11 Å². The van der Waals surface area contributed by atoms with Crippen molar-refractivity contribution in [3.63, 3.8) is 0 Å². The van der Waals surface area contributed by atoms with E-state index >= 15 is 0 Å². The Balaban J connectivity index is 2.22. The number of methoxy groups -OCH3 is 1. The van der Waals surface area contributed by atoms with Gasteiger partial charge in [0.05, 0.1) is 19.1 Å². The lowest BCUT2D eigenvalue weighted by molar-refractivity contribution is -0.151. The van der Waals surface area contributed by atoms with Gasteiger partial charge in [-0.1, -0.05) is 33.6 Å². The van der Waals surface area contributed by atoms with Crippen LogP contribution in [0.4, 0.5) is 0 Å². The Morgan fingerprint density at radius 1 is 1.14 bits per heavy atom. The number of esters is 1. The molecule has 4 heteroatoms. The van der Waals surface area contributed by atoms with Crippen LogP contribution >= 0.6 is 0 Å². The van der Waals surface area contributed by atoms with Gasteiger partial charge in [0.25, 0.3) is 0 Å². The number of carbonyl (C=O) groups excluding carboxylic acids is 1. The van der Waals surface area contributed by atoms with Crippen molar-refractivity contribution in [3.8, 4) is 0 Å². The fraction of sp³-hybridized carbons (Fsp3) is 0.941. The summed E-state index contributed by atoms with van der Waals surface area (Å²) in [6, 6.07) is 0. The molecule has 0 heterocycles. The van der Waals surface area contributed by atoms with Gasteiger partial charge in [0, 0.05) is 5.41 Å². The van der Waals surface area contributed by atoms with Crippen LogP contribution in [0, 0.1) is 11.3 Å². The van der Waals surface area contributed by atoms with Crippen LogP contribution in [-0.4, -0.2) is 27.5 Å². The minimum Gasteiger partial charge on any atom is -0.469 e. The van der Waals surface area contributed by atoms with Crippen LogP contribution in [0.5, 0.6) is 0 Å². The van der Waals surface area contributed by atoms with Crippen LogP contribution in [-0.2, 0) is 14.0 Å². The van der Waals surface area contributed by atoms with Gasteiger partial charge in [-0.05, 0) is 43.8 Å². The second kappa shape index (κ2) is 5.69. The lowest BCUT2D eigenvalue weighted by Crippen LogP contribution is -2.49. The molecule has 0 saturated heterocycles. The highest BCUT2D eigenvalue weighted by molar-refractivity contribution is 6.74. The van der Waals surface area contributed by atoms with Crippen molar-refractivity contribution < 1.29 is 14.0 Å². The zero-order chi connectivity index (χ0) is 15.9. The van der Waals surface area contributed by atoms with Gasteiger partial charge >= 0.3 is 5.97 Å². The van der Waals surface area contributed by atoms with E-state index in [0.717, 1.165) is 32.1 Å². The summed E-state index contributed by atoms with van der Waals surface area (Å²) in [5.74, 6) is 0.0398. The molecule has 0 aromatic heterocycles. The third-order valence-corrected chi connectivity index (χ3v) is 10.8. The molecule has 21 heavy (non-hydrogen) atoms. The number of hydrogen-bond donors (Lipinski definition) is 0. The van der Waals surface area contributed by atoms with Crippen molar-refractivity contribution in [2.45, 2.75) is 83.5 Å². The fourth-order valence-corrected chi connectivity index (χ4v) is 5.47. The Labute approximate surface area is 130 Å². The normalized spacial score (nSPS) is 33.6. The summed E-state index contributed by atoms with van der Waals surface area (Å²) >= 11 is 0. The number of hydrogen-bond acceptors (Lipinski definition) is 3. The van der Waals surface area contributed by atoms with Crippen LogP contribution in [0.25, 0.3) is 0 Å². The van der Waals surface area contributed by atoms with Crippen molar-refractivity contribution in [2.24, 2.45) is 11.3 Å². The average molecular weight is 313 g/mol. The van der Waals surface area contributed by atoms with Crippen LogP contribution in [0.3, 0.4) is 0 Å². The maximum Gasteiger partial charge on any atom is 0.309 e. The Kier molecular flexibility index (Phi) is 4.61. The highest BCUT2D eigenvalue weighted by atomic mass is 28.4. The van der Waals surface area contributed by atoms with E-state index in [1.807, 2.05) is 0 Å². The molecule has 1 spiro atoms. The largest absolute Gasteiger partial charge is 0.469 e. The zero-order valence-corrected chi connectivity index (χ0v) is 15.6. The summed E-state index contributed by atoms with van der Waals surface area (Å²) in [6.07, 6.45) is 6.93. The van der Waals surface area contributed by atoms with Gasteiger partial charge in [-0.15, -0.1) is 0 Å². The van der Waals surface area contributed by atoms with Crippen molar-refractivity contribution in [1.82, 2.24) is 0 Å². The Bertz CT molecular complexity index is 395. The lowest BCUT2D eigenvalue weighted by atomic mass is 9.74. The van der Waals surface area contributed by atoms with Crippen LogP contribution in [0.1, 0.15) is 59.3 Å². The van der Waals surface area contributed by atoms with Crippen LogP contribution < -0.4 is 0 Å². The molecule has 2 aliphatic carbocycles. The molecule has 0 aromatic carbocycles. The molecule has 2 rings (SSSR count). The van der Waals surface area contributed by atoms with Gasteiger partial charge in [0.15, 0.2) is 8.32 Å². The van der Waals surface area contributed by atoms with E-state index in [9.17, 15) is 4.79 Å². The molecule has 3 atom stereocenters. The molecule has 3 nitrogen and oxygen atoms in total. The quantitative estimate of drug-likeness (QED) is 0.568. The Hall–Kier alpha value is -0.353. The van der Waals surface area contributed by atoms with Crippen molar-refractivity contribution >= 4 is 14.3 Å². The zero-order valence-electron chi connectivity index (χ0n) is 14.6. The Morgan fingerprint density at radius 3 is 2.24 bits per heavy atom. The third kappa shape index (κ3) is 2.94. The molecular formula is C17H32O3Si. The maximum atomic E-state index is 12.2. The van der Waals surface area contributed by atoms with Gasteiger partial charge in [-0.25, -0.2) is 0 Å². The van der Waals surface area contributed by atoms with Gasteiger partial charge in [0.2, 0.25) is 0 Å². The van der Waals surface area contributed by atoms with Gasteiger partial charge in [-0.2, -0.15) is 0 Å². The molecule has 0 aromatic rings. The van der Waals surface area contributed by atoms with Gasteiger partial charge < -0.3 is 9.16 Å². The molecule has 0 N–H and O–H groups in total. The summed E-state index contributed by atoms with van der Waals surface area (Å²) in [6.45, 7) is 11.5. The average Bonchev–Trinajstić information content (AvgIpc) is 2.96. The first kappa shape index (κ1) is 17.0. The SMILES string of the molecule is COC(=O)[C@@H]1CCC[C@@]12CCC[C@H]2O[Si](C)(C)C(C)(C)C. The molecular weight excluding hydrogens is 280 g/mol. The van der Waals surface area contributed by atoms with Gasteiger partial charge in [-0.3, -0.25) is 4.79 Å². The van der Waals surface area contributed by atoms with E-state index < -0.39 is 8.32 Å². The fourth-order valence-electron chi connectivity index (χ4n) is 4.05. The predicted molar refractivity (Wildman–Crippen MR) is 87.7 cm³/mol. The third-order valence-electron chi connectivity index (χ3n) is 6.31. The summed E-state index contributed by atoms with van der Waals surface area (Å²) in [7, 11) is -0.269. The molecule has 0 amide bonds. The molecule has 2 aliphatic rings. The molecule has 0 unspecified atom stereocenters. The predicted octanol–water partition coefficient (Wildman–Crippen LogP) is 4.52. The maximum absolute atomic E-state index is 12.2. The summed E-state index contributed by atoms with van der Waals surface area (Å²) in [4.78, 5) is 12.2. The highest BCUT2D eigenvalue weighted by Crippen LogP contribution is 2.57. The summed E-state index contributed by atoms with van der Waals surface area (Å²) in [5, 5.41) is 0.218. The van der Waals surface area contributed by atoms with E-state index in [-0.39, 0.29) is 28.4 Å². The highest BCUT2D eigenvalue weighted by Gasteiger charge is 2.56. The van der Waals surface area contributed by atoms with E-state index in [1.165, 1.54) is 13.5 Å². The molecule has 2 fully saturated rings. The second-order valence-electron chi connectivity index (χ2n) is 8.46. The van der Waals surface area contributed by atoms with E-state index in [1.54, 1.807) is 0 Å². The molecule has 0 radical (unpaired) electrons. The topological polar surface area (TPSA) is 35.5 Å². The van der Waals surface area contributed by atoms with E-state index in [4.69, 9.17) is 9.16 Å². The van der Waals surface area contributed by atoms with Crippen LogP contribution in [0.15, 0.2) is 0 Å². The smallest absolute Gasteiger partial charge is 0.309 e. The second-order valence-corrected chi connectivity index (χ2v) is 13.2. The van der Waals surface area contributed by atoms with Gasteiger partial charge in [0.1, 0.15) is 0 Å². The van der Waals surface area contributed by atoms with E-state index in [0.29, 0.717) is 0 Å². The number of ether oxygens (including phenoxy) is 1. The van der Waals surface area contributed by atoms with Crippen molar-refractivity contribution in [1.29, 1.82) is 0 Å². The lowest BCUT2D eigenvalue weighted by Gasteiger charge is -2.44. The van der Waals surface area contributed by atoms with E-state index in [2.05, 4.69) is 33.9 Å². The van der Waals surface area contributed by atoms with Crippen LogP contribution in [0.2, 0.25) is 18.1 Å². The monoisotopic (exact) mass is 312 g/mol. The first-order valence-corrected chi connectivity index (χ1v) is 11.3. The first-order valence-electron chi connectivity index (χ1n) is 8.40. The molecule has 0 bridgehead atoms. The molecule has 0 aliphatic heterocycles. The number of carbonyl (C=O) groups is 1. The molecule has 122 valence electrons. The summed E-state index contributed by atoms with van der Waals surface area (Å²) in [5.41, 5.74) is 0.0581. The standard InChI is InChI=1S/C17H32O3Si/c1-16(2,3)21(5,6)20-14-10-8-12-17(14)11-7-9-13(17)15(18)19-4/h13-14H,7-12H2,1-6H3/t13-,14+,17+/m0/s1. The first-order chi connectivity index (χ1) is 9.64.